The van der Waals surface area contributed by atoms with E-state index in [9.17, 15) is 4.79 Å². The molecule has 1 aromatic heterocycles. The van der Waals surface area contributed by atoms with Crippen LogP contribution in [0.15, 0.2) is 101 Å². The summed E-state index contributed by atoms with van der Waals surface area (Å²) in [6.45, 7) is 8.06. The molecule has 0 aliphatic carbocycles. The van der Waals surface area contributed by atoms with Crippen LogP contribution in [0.4, 0.5) is 17.1 Å². The summed E-state index contributed by atoms with van der Waals surface area (Å²) in [6, 6.07) is 24.6. The monoisotopic (exact) mass is 490 g/mol. The maximum absolute atomic E-state index is 12.8. The van der Waals surface area contributed by atoms with E-state index in [2.05, 4.69) is 46.1 Å². The van der Waals surface area contributed by atoms with Gasteiger partial charge in [0.15, 0.2) is 0 Å². The van der Waals surface area contributed by atoms with Gasteiger partial charge in [-0.3, -0.25) is 4.98 Å². The third-order valence-electron chi connectivity index (χ3n) is 5.95. The molecule has 1 heterocycles. The SMILES string of the molecule is CCN(CC)c1ccc(N=Nc2ccc(C(=O)Oc3ccc(C=Cc4ccncc4)cc3)c(C)c2)cc1. The van der Waals surface area contributed by atoms with Crippen LogP contribution < -0.4 is 9.64 Å². The minimum Gasteiger partial charge on any atom is -0.423 e. The van der Waals surface area contributed by atoms with E-state index in [-0.39, 0.29) is 0 Å². The number of esters is 1. The second-order valence-corrected chi connectivity index (χ2v) is 8.46. The summed E-state index contributed by atoms with van der Waals surface area (Å²) in [5.74, 6) is 0.0791. The van der Waals surface area contributed by atoms with Gasteiger partial charge in [-0.15, -0.1) is 0 Å². The van der Waals surface area contributed by atoms with Crippen molar-refractivity contribution in [3.05, 3.63) is 114 Å². The normalized spacial score (nSPS) is 11.2. The summed E-state index contributed by atoms with van der Waals surface area (Å²) in [4.78, 5) is 19.0. The fraction of sp³-hybridized carbons (Fsp3) is 0.161. The smallest absolute Gasteiger partial charge is 0.343 e. The largest absolute Gasteiger partial charge is 0.423 e. The topological polar surface area (TPSA) is 67.2 Å². The molecule has 0 N–H and O–H groups in total. The number of hydrogen-bond acceptors (Lipinski definition) is 6. The molecule has 0 unspecified atom stereocenters. The Labute approximate surface area is 218 Å². The van der Waals surface area contributed by atoms with Crippen LogP contribution in [-0.2, 0) is 0 Å². The number of benzene rings is 3. The standard InChI is InChI=1S/C31H30N4O2/c1-4-35(5-2)28-13-10-26(11-14-28)33-34-27-12-17-30(23(3)22-27)31(36)37-29-15-8-24(9-16-29)6-7-25-18-20-32-21-19-25/h6-22H,4-5H2,1-3H3. The number of anilines is 1. The maximum Gasteiger partial charge on any atom is 0.343 e. The third-order valence-corrected chi connectivity index (χ3v) is 5.95. The van der Waals surface area contributed by atoms with Gasteiger partial charge in [0.25, 0.3) is 0 Å². The Morgan fingerprint density at radius 3 is 2.03 bits per heavy atom. The van der Waals surface area contributed by atoms with Crippen molar-refractivity contribution in [1.29, 1.82) is 0 Å². The van der Waals surface area contributed by atoms with Crippen molar-refractivity contribution in [3.8, 4) is 5.75 Å². The molecule has 0 spiro atoms. The summed E-state index contributed by atoms with van der Waals surface area (Å²) in [5, 5.41) is 8.67. The van der Waals surface area contributed by atoms with Crippen molar-refractivity contribution >= 4 is 35.2 Å². The Bertz CT molecular complexity index is 1380. The molecule has 0 bridgehead atoms. The molecule has 6 heteroatoms. The van der Waals surface area contributed by atoms with Crippen molar-refractivity contribution in [3.63, 3.8) is 0 Å². The highest BCUT2D eigenvalue weighted by Crippen LogP contribution is 2.25. The molecule has 3 aromatic carbocycles. The summed E-state index contributed by atoms with van der Waals surface area (Å²) < 4.78 is 5.59. The minimum absolute atomic E-state index is 0.409. The number of nitrogens with zero attached hydrogens (tertiary/aromatic N) is 4. The number of carbonyl (C=O) groups is 1. The number of aryl methyl sites for hydroxylation is 1. The van der Waals surface area contributed by atoms with Crippen LogP contribution in [0.1, 0.15) is 40.9 Å². The number of rotatable bonds is 9. The van der Waals surface area contributed by atoms with Crippen LogP contribution in [0, 0.1) is 6.92 Å². The second kappa shape index (κ2) is 12.4. The molecule has 0 saturated heterocycles. The first kappa shape index (κ1) is 25.5. The van der Waals surface area contributed by atoms with Crippen LogP contribution >= 0.6 is 0 Å². The average molecular weight is 491 g/mol. The summed E-state index contributed by atoms with van der Waals surface area (Å²) in [7, 11) is 0. The Morgan fingerprint density at radius 2 is 1.41 bits per heavy atom. The summed E-state index contributed by atoms with van der Waals surface area (Å²) >= 11 is 0. The van der Waals surface area contributed by atoms with Gasteiger partial charge < -0.3 is 9.64 Å². The van der Waals surface area contributed by atoms with Crippen molar-refractivity contribution in [1.82, 2.24) is 4.98 Å². The van der Waals surface area contributed by atoms with Crippen molar-refractivity contribution in [2.24, 2.45) is 10.2 Å². The molecular formula is C31H30N4O2. The van der Waals surface area contributed by atoms with Gasteiger partial charge in [-0.2, -0.15) is 10.2 Å². The van der Waals surface area contributed by atoms with Gasteiger partial charge in [0.05, 0.1) is 16.9 Å². The molecule has 0 amide bonds. The molecule has 4 aromatic rings. The molecule has 0 aliphatic heterocycles. The van der Waals surface area contributed by atoms with E-state index in [1.165, 1.54) is 5.69 Å². The van der Waals surface area contributed by atoms with Crippen molar-refractivity contribution in [2.45, 2.75) is 20.8 Å². The Kier molecular flexibility index (Phi) is 8.55. The number of carbonyl (C=O) groups excluding carboxylic acids is 1. The summed E-state index contributed by atoms with van der Waals surface area (Å²) in [6.07, 6.45) is 7.52. The Balaban J connectivity index is 1.37. The zero-order chi connectivity index (χ0) is 26.0. The average Bonchev–Trinajstić information content (AvgIpc) is 2.93. The van der Waals surface area contributed by atoms with E-state index in [4.69, 9.17) is 4.74 Å². The first-order valence-corrected chi connectivity index (χ1v) is 12.3. The van der Waals surface area contributed by atoms with Gasteiger partial charge in [-0.1, -0.05) is 24.3 Å². The predicted molar refractivity (Wildman–Crippen MR) is 150 cm³/mol. The number of azo groups is 1. The van der Waals surface area contributed by atoms with E-state index in [1.54, 1.807) is 36.7 Å². The highest BCUT2D eigenvalue weighted by atomic mass is 16.5. The minimum atomic E-state index is -0.409. The Hall–Kier alpha value is -4.58. The molecule has 4 rings (SSSR count). The molecule has 6 nitrogen and oxygen atoms in total. The van der Waals surface area contributed by atoms with Gasteiger partial charge >= 0.3 is 5.97 Å². The fourth-order valence-corrected chi connectivity index (χ4v) is 3.85. The fourth-order valence-electron chi connectivity index (χ4n) is 3.85. The maximum atomic E-state index is 12.8. The van der Waals surface area contributed by atoms with E-state index < -0.39 is 5.97 Å². The van der Waals surface area contributed by atoms with Crippen LogP contribution in [0.25, 0.3) is 12.2 Å². The lowest BCUT2D eigenvalue weighted by Crippen LogP contribution is -2.21. The third kappa shape index (κ3) is 6.98. The van der Waals surface area contributed by atoms with Crippen LogP contribution in [0.2, 0.25) is 0 Å². The van der Waals surface area contributed by atoms with E-state index in [0.717, 1.165) is 35.5 Å². The highest BCUT2D eigenvalue weighted by Gasteiger charge is 2.12. The zero-order valence-electron chi connectivity index (χ0n) is 21.3. The first-order chi connectivity index (χ1) is 18.1. The summed E-state index contributed by atoms with van der Waals surface area (Å²) in [5.41, 5.74) is 5.95. The van der Waals surface area contributed by atoms with E-state index >= 15 is 0 Å². The van der Waals surface area contributed by atoms with Gasteiger partial charge in [-0.05, 0) is 104 Å². The van der Waals surface area contributed by atoms with Crippen LogP contribution in [0.5, 0.6) is 5.75 Å². The van der Waals surface area contributed by atoms with E-state index in [1.807, 2.05) is 61.5 Å². The Morgan fingerprint density at radius 1 is 0.811 bits per heavy atom. The number of hydrogen-bond donors (Lipinski definition) is 0. The molecule has 37 heavy (non-hydrogen) atoms. The van der Waals surface area contributed by atoms with E-state index in [0.29, 0.717) is 17.0 Å². The van der Waals surface area contributed by atoms with Crippen molar-refractivity contribution < 1.29 is 9.53 Å². The molecule has 0 radical (unpaired) electrons. The lowest BCUT2D eigenvalue weighted by Gasteiger charge is -2.20. The number of pyridine rings is 1. The van der Waals surface area contributed by atoms with Gasteiger partial charge in [0, 0.05) is 31.2 Å². The van der Waals surface area contributed by atoms with Crippen LogP contribution in [-0.4, -0.2) is 24.0 Å². The highest BCUT2D eigenvalue weighted by molar-refractivity contribution is 5.93. The number of aromatic nitrogens is 1. The lowest BCUT2D eigenvalue weighted by molar-refractivity contribution is 0.0734. The quantitative estimate of drug-likeness (QED) is 0.135. The van der Waals surface area contributed by atoms with Gasteiger partial charge in [0.1, 0.15) is 5.75 Å². The predicted octanol–water partition coefficient (Wildman–Crippen LogP) is 8.04. The molecule has 0 aliphatic rings. The molecular weight excluding hydrogens is 460 g/mol. The molecule has 0 saturated carbocycles. The van der Waals surface area contributed by atoms with Crippen LogP contribution in [0.3, 0.4) is 0 Å². The first-order valence-electron chi connectivity index (χ1n) is 12.3. The van der Waals surface area contributed by atoms with Crippen molar-refractivity contribution in [2.75, 3.05) is 18.0 Å². The number of ether oxygens (including phenoxy) is 1. The lowest BCUT2D eigenvalue weighted by atomic mass is 10.1. The molecule has 0 fully saturated rings. The van der Waals surface area contributed by atoms with Gasteiger partial charge in [0.2, 0.25) is 0 Å². The zero-order valence-corrected chi connectivity index (χ0v) is 21.3. The molecule has 186 valence electrons. The molecule has 0 atom stereocenters. The second-order valence-electron chi connectivity index (χ2n) is 8.46. The van der Waals surface area contributed by atoms with Gasteiger partial charge in [-0.25, -0.2) is 4.79 Å².